The van der Waals surface area contributed by atoms with Crippen molar-refractivity contribution in [1.29, 1.82) is 0 Å². The number of rotatable bonds is 13. The van der Waals surface area contributed by atoms with E-state index in [1.807, 2.05) is 30.3 Å². The molecule has 3 atom stereocenters. The van der Waals surface area contributed by atoms with Crippen LogP contribution in [0.5, 0.6) is 0 Å². The van der Waals surface area contributed by atoms with Crippen molar-refractivity contribution in [3.8, 4) is 0 Å². The highest BCUT2D eigenvalue weighted by atomic mass is 19.4. The molecule has 1 aromatic heterocycles. The Morgan fingerprint density at radius 2 is 1.82 bits per heavy atom. The summed E-state index contributed by atoms with van der Waals surface area (Å²) < 4.78 is 46.5. The molecule has 1 saturated heterocycles. The maximum absolute atomic E-state index is 13.2. The number of halogens is 3. The van der Waals surface area contributed by atoms with E-state index in [1.165, 1.54) is 6.07 Å². The fourth-order valence-electron chi connectivity index (χ4n) is 4.40. The van der Waals surface area contributed by atoms with E-state index in [2.05, 4.69) is 25.8 Å². The second-order valence-electron chi connectivity index (χ2n) is 9.82. The van der Waals surface area contributed by atoms with Gasteiger partial charge >= 0.3 is 6.36 Å². The quantitative estimate of drug-likeness (QED) is 0.348. The van der Waals surface area contributed by atoms with Crippen LogP contribution in [0.3, 0.4) is 0 Å². The van der Waals surface area contributed by atoms with Gasteiger partial charge in [0, 0.05) is 24.9 Å². The Labute approximate surface area is 222 Å². The van der Waals surface area contributed by atoms with Crippen LogP contribution in [0.25, 0.3) is 0 Å². The minimum Gasteiger partial charge on any atom is -0.360 e. The fourth-order valence-corrected chi connectivity index (χ4v) is 4.40. The van der Waals surface area contributed by atoms with E-state index in [9.17, 15) is 32.3 Å². The average Bonchev–Trinajstić information content (AvgIpc) is 3.43. The Morgan fingerprint density at radius 1 is 1.08 bits per heavy atom. The first-order valence-corrected chi connectivity index (χ1v) is 12.7. The molecule has 210 valence electrons. The number of aromatic nitrogens is 1. The molecule has 0 spiro atoms. The van der Waals surface area contributed by atoms with Crippen LogP contribution in [0, 0.1) is 11.8 Å². The molecule has 13 heteroatoms. The van der Waals surface area contributed by atoms with Crippen molar-refractivity contribution in [3.05, 3.63) is 53.4 Å². The van der Waals surface area contributed by atoms with Gasteiger partial charge in [-0.2, -0.15) is 0 Å². The second kappa shape index (κ2) is 12.4. The molecule has 1 aromatic carbocycles. The summed E-state index contributed by atoms with van der Waals surface area (Å²) in [6.45, 7) is -0.951. The second-order valence-corrected chi connectivity index (χ2v) is 9.82. The van der Waals surface area contributed by atoms with Gasteiger partial charge in [-0.1, -0.05) is 48.3 Å². The number of hydrogen-bond donors (Lipinski definition) is 3. The molecule has 2 aliphatic rings. The van der Waals surface area contributed by atoms with Crippen LogP contribution in [0.15, 0.2) is 40.9 Å². The van der Waals surface area contributed by atoms with Gasteiger partial charge in [-0.3, -0.25) is 23.9 Å². The molecule has 10 nitrogen and oxygen atoms in total. The Kier molecular flexibility index (Phi) is 9.00. The molecule has 3 N–H and O–H groups in total. The van der Waals surface area contributed by atoms with Crippen molar-refractivity contribution >= 4 is 23.5 Å². The molecule has 0 radical (unpaired) electrons. The lowest BCUT2D eigenvalue weighted by Gasteiger charge is -2.24. The van der Waals surface area contributed by atoms with Crippen molar-refractivity contribution in [2.75, 3.05) is 13.2 Å². The van der Waals surface area contributed by atoms with Crippen LogP contribution < -0.4 is 16.0 Å². The van der Waals surface area contributed by atoms with Gasteiger partial charge in [0.25, 0.3) is 5.91 Å². The maximum atomic E-state index is 13.2. The Hall–Kier alpha value is -3.74. The van der Waals surface area contributed by atoms with Crippen molar-refractivity contribution < 1.29 is 41.6 Å². The Morgan fingerprint density at radius 3 is 2.46 bits per heavy atom. The van der Waals surface area contributed by atoms with Crippen molar-refractivity contribution in [2.45, 2.75) is 57.0 Å². The van der Waals surface area contributed by atoms with Crippen LogP contribution in [0.4, 0.5) is 13.2 Å². The molecule has 1 aliphatic carbocycles. The monoisotopic (exact) mass is 550 g/mol. The number of nitrogens with one attached hydrogen (secondary N) is 3. The predicted molar refractivity (Wildman–Crippen MR) is 129 cm³/mol. The third-order valence-electron chi connectivity index (χ3n) is 6.67. The highest BCUT2D eigenvalue weighted by Crippen LogP contribution is 2.33. The van der Waals surface area contributed by atoms with Gasteiger partial charge in [0.1, 0.15) is 18.4 Å². The molecule has 2 heterocycles. The van der Waals surface area contributed by atoms with Crippen LogP contribution in [0.1, 0.15) is 53.9 Å². The predicted octanol–water partition coefficient (Wildman–Crippen LogP) is 2.28. The molecule has 3 amide bonds. The summed E-state index contributed by atoms with van der Waals surface area (Å²) in [5.74, 6) is -2.82. The number of carbonyl (C=O) groups excluding carboxylic acids is 4. The number of alkyl halides is 3. The molecule has 0 bridgehead atoms. The molecule has 0 unspecified atom stereocenters. The van der Waals surface area contributed by atoms with E-state index in [-0.39, 0.29) is 30.4 Å². The molecular formula is C26H29F3N4O6. The fraction of sp³-hybridized carbons (Fsp3) is 0.500. The number of hydrogen-bond acceptors (Lipinski definition) is 7. The van der Waals surface area contributed by atoms with Crippen LogP contribution in [0.2, 0.25) is 0 Å². The van der Waals surface area contributed by atoms with Crippen LogP contribution >= 0.6 is 0 Å². The largest absolute Gasteiger partial charge is 0.522 e. The van der Waals surface area contributed by atoms with E-state index in [0.717, 1.165) is 18.4 Å². The highest BCUT2D eigenvalue weighted by molar-refractivity contribution is 5.97. The van der Waals surface area contributed by atoms with Gasteiger partial charge in [0.05, 0.1) is 6.04 Å². The Balaban J connectivity index is 1.42. The third-order valence-corrected chi connectivity index (χ3v) is 6.67. The summed E-state index contributed by atoms with van der Waals surface area (Å²) in [6, 6.07) is 8.38. The minimum absolute atomic E-state index is 0.0386. The standard InChI is InChI=1S/C26H29F3N4O6/c27-26(28,29)38-14-22(34)19(12-17-8-9-30-23(17)35)31-24(36)20(11-16-6-7-16)32-25(37)21-13-18(39-33-21)10-15-4-2-1-3-5-15/h1-5,13,16-17,19-20H,6-12,14H2,(H,30,35)(H,31,36)(H,32,37)/t17-,19-,20-/m0/s1. The number of nitrogens with zero attached hydrogens (tertiary/aromatic N) is 1. The van der Waals surface area contributed by atoms with Crippen molar-refractivity contribution in [1.82, 2.24) is 21.1 Å². The lowest BCUT2D eigenvalue weighted by Crippen LogP contribution is -2.53. The van der Waals surface area contributed by atoms with Crippen LogP contribution in [-0.2, 0) is 25.5 Å². The zero-order valence-corrected chi connectivity index (χ0v) is 21.0. The smallest absolute Gasteiger partial charge is 0.360 e. The summed E-state index contributed by atoms with van der Waals surface area (Å²) in [5, 5.41) is 11.5. The molecule has 2 aromatic rings. The summed E-state index contributed by atoms with van der Waals surface area (Å²) in [5.41, 5.74) is 0.913. The minimum atomic E-state index is -5.03. The molecule has 1 aliphatic heterocycles. The summed E-state index contributed by atoms with van der Waals surface area (Å²) >= 11 is 0. The first kappa shape index (κ1) is 28.3. The third kappa shape index (κ3) is 8.63. The zero-order valence-electron chi connectivity index (χ0n) is 21.0. The zero-order chi connectivity index (χ0) is 28.0. The van der Waals surface area contributed by atoms with E-state index < -0.39 is 48.6 Å². The average molecular weight is 551 g/mol. The highest BCUT2D eigenvalue weighted by Gasteiger charge is 2.37. The van der Waals surface area contributed by atoms with Gasteiger partial charge in [0.15, 0.2) is 11.5 Å². The van der Waals surface area contributed by atoms with E-state index in [1.54, 1.807) is 0 Å². The number of carbonyl (C=O) groups is 4. The normalized spacial score (nSPS) is 18.7. The SMILES string of the molecule is O=C(N[C@@H](CC1CC1)C(=O)N[C@@H](C[C@@H]1CCNC1=O)C(=O)COC(F)(F)F)c1cc(Cc2ccccc2)on1. The number of amides is 3. The summed E-state index contributed by atoms with van der Waals surface area (Å²) in [6.07, 6.45) is -2.45. The van der Waals surface area contributed by atoms with Crippen molar-refractivity contribution in [2.24, 2.45) is 11.8 Å². The molecular weight excluding hydrogens is 521 g/mol. The number of Topliss-reactive ketones (excluding diaryl/α,β-unsaturated/α-hetero) is 1. The molecule has 39 heavy (non-hydrogen) atoms. The van der Waals surface area contributed by atoms with E-state index in [0.29, 0.717) is 25.1 Å². The van der Waals surface area contributed by atoms with Crippen LogP contribution in [-0.4, -0.2) is 60.3 Å². The lowest BCUT2D eigenvalue weighted by atomic mass is 9.95. The first-order valence-electron chi connectivity index (χ1n) is 12.7. The number of benzene rings is 1. The molecule has 2 fully saturated rings. The summed E-state index contributed by atoms with van der Waals surface area (Å²) in [4.78, 5) is 50.7. The maximum Gasteiger partial charge on any atom is 0.522 e. The number of ketones is 1. The van der Waals surface area contributed by atoms with Gasteiger partial charge in [-0.05, 0) is 30.7 Å². The number of ether oxygens (including phenoxy) is 1. The topological polar surface area (TPSA) is 140 Å². The van der Waals surface area contributed by atoms with Gasteiger partial charge in [-0.25, -0.2) is 0 Å². The lowest BCUT2D eigenvalue weighted by molar-refractivity contribution is -0.321. The molecule has 4 rings (SSSR count). The molecule has 1 saturated carbocycles. The van der Waals surface area contributed by atoms with E-state index >= 15 is 0 Å². The Bertz CT molecular complexity index is 1180. The van der Waals surface area contributed by atoms with Gasteiger partial charge < -0.3 is 20.5 Å². The van der Waals surface area contributed by atoms with Gasteiger partial charge in [-0.15, -0.1) is 13.2 Å². The van der Waals surface area contributed by atoms with Crippen molar-refractivity contribution in [3.63, 3.8) is 0 Å². The summed E-state index contributed by atoms with van der Waals surface area (Å²) in [7, 11) is 0. The first-order chi connectivity index (χ1) is 18.6. The van der Waals surface area contributed by atoms with E-state index in [4.69, 9.17) is 4.52 Å². The van der Waals surface area contributed by atoms with Gasteiger partial charge in [0.2, 0.25) is 11.8 Å².